The molecule has 0 spiro atoms. The summed E-state index contributed by atoms with van der Waals surface area (Å²) in [6.45, 7) is 7.23. The summed E-state index contributed by atoms with van der Waals surface area (Å²) in [5.41, 5.74) is 3.92. The highest BCUT2D eigenvalue weighted by Crippen LogP contribution is 2.42. The minimum Gasteiger partial charge on any atom is -0.358 e. The third-order valence-corrected chi connectivity index (χ3v) is 6.32. The second kappa shape index (κ2) is 8.36. The van der Waals surface area contributed by atoms with Crippen LogP contribution in [0.15, 0.2) is 41.6 Å². The topological polar surface area (TPSA) is 23.6 Å². The molecular formula is C23H33ClN2O. The molecule has 4 rings (SSSR count). The quantitative estimate of drug-likeness (QED) is 0.714. The van der Waals surface area contributed by atoms with E-state index in [0.29, 0.717) is 18.2 Å². The molecule has 1 fully saturated rings. The van der Waals surface area contributed by atoms with Gasteiger partial charge in [-0.15, -0.1) is 12.4 Å². The van der Waals surface area contributed by atoms with Gasteiger partial charge < -0.3 is 4.90 Å². The molecule has 1 heterocycles. The van der Waals surface area contributed by atoms with Gasteiger partial charge in [-0.25, -0.2) is 0 Å². The molecule has 0 unspecified atom stereocenters. The molecule has 1 saturated carbocycles. The van der Waals surface area contributed by atoms with E-state index in [2.05, 4.69) is 54.0 Å². The van der Waals surface area contributed by atoms with Crippen LogP contribution in [0.25, 0.3) is 0 Å². The van der Waals surface area contributed by atoms with Crippen LogP contribution < -0.4 is 0 Å². The molecule has 2 aliphatic carbocycles. The van der Waals surface area contributed by atoms with E-state index in [9.17, 15) is 4.79 Å². The van der Waals surface area contributed by atoms with Crippen molar-refractivity contribution < 1.29 is 4.79 Å². The summed E-state index contributed by atoms with van der Waals surface area (Å²) < 4.78 is 0. The number of benzene rings is 1. The van der Waals surface area contributed by atoms with Crippen LogP contribution in [0.2, 0.25) is 0 Å². The van der Waals surface area contributed by atoms with E-state index in [-0.39, 0.29) is 17.8 Å². The molecule has 0 bridgehead atoms. The second-order valence-electron chi connectivity index (χ2n) is 9.24. The molecule has 0 N–H and O–H groups in total. The van der Waals surface area contributed by atoms with Crippen molar-refractivity contribution in [3.63, 3.8) is 0 Å². The molecule has 0 radical (unpaired) electrons. The maximum absolute atomic E-state index is 13.0. The van der Waals surface area contributed by atoms with E-state index in [1.54, 1.807) is 0 Å². The van der Waals surface area contributed by atoms with Crippen LogP contribution in [0.4, 0.5) is 0 Å². The van der Waals surface area contributed by atoms with Gasteiger partial charge in [-0.2, -0.15) is 0 Å². The minimum atomic E-state index is 0. The van der Waals surface area contributed by atoms with E-state index in [0.717, 1.165) is 31.8 Å². The Labute approximate surface area is 170 Å². The number of nitrogens with zero attached hydrogens (tertiary/aromatic N) is 2. The molecule has 4 heteroatoms. The molecule has 1 aliphatic heterocycles. The van der Waals surface area contributed by atoms with Crippen molar-refractivity contribution in [3.05, 3.63) is 47.2 Å². The lowest BCUT2D eigenvalue weighted by Crippen LogP contribution is -2.51. The fourth-order valence-electron chi connectivity index (χ4n) is 5.03. The molecule has 1 aromatic carbocycles. The zero-order chi connectivity index (χ0) is 18.1. The monoisotopic (exact) mass is 388 g/mol. The highest BCUT2D eigenvalue weighted by molar-refractivity contribution is 5.98. The summed E-state index contributed by atoms with van der Waals surface area (Å²) in [5, 5.41) is 0. The Hall–Kier alpha value is -1.32. The highest BCUT2D eigenvalue weighted by Gasteiger charge is 2.40. The van der Waals surface area contributed by atoms with Crippen LogP contribution in [0, 0.1) is 5.41 Å². The van der Waals surface area contributed by atoms with E-state index in [1.807, 2.05) is 0 Å². The van der Waals surface area contributed by atoms with Gasteiger partial charge >= 0.3 is 0 Å². The van der Waals surface area contributed by atoms with Crippen LogP contribution in [-0.4, -0.2) is 34.8 Å². The van der Waals surface area contributed by atoms with E-state index < -0.39 is 0 Å². The van der Waals surface area contributed by atoms with Crippen molar-refractivity contribution in [2.75, 3.05) is 13.2 Å². The number of hydrogen-bond donors (Lipinski definition) is 0. The maximum Gasteiger partial charge on any atom is 0.162 e. The summed E-state index contributed by atoms with van der Waals surface area (Å²) in [6, 6.07) is 11.3. The Morgan fingerprint density at radius 2 is 1.74 bits per heavy atom. The number of hydrogen-bond acceptors (Lipinski definition) is 3. The van der Waals surface area contributed by atoms with E-state index in [1.165, 1.54) is 43.4 Å². The van der Waals surface area contributed by atoms with E-state index >= 15 is 0 Å². The smallest absolute Gasteiger partial charge is 0.162 e. The fourth-order valence-corrected chi connectivity index (χ4v) is 5.03. The van der Waals surface area contributed by atoms with Gasteiger partial charge in [0.25, 0.3) is 0 Å². The zero-order valence-electron chi connectivity index (χ0n) is 16.7. The van der Waals surface area contributed by atoms with Gasteiger partial charge in [-0.05, 0) is 30.2 Å². The SMILES string of the molecule is CC1(C)CC(=O)C2=C(C1)N(C1CCCCC1)CN(Cc1ccccc1)C2.Cl. The first-order chi connectivity index (χ1) is 12.5. The molecule has 27 heavy (non-hydrogen) atoms. The Bertz CT molecular complexity index is 692. The molecule has 0 atom stereocenters. The van der Waals surface area contributed by atoms with Crippen LogP contribution in [0.5, 0.6) is 0 Å². The number of carbonyl (C=O) groups is 1. The molecule has 1 aromatic rings. The number of halogens is 1. The van der Waals surface area contributed by atoms with Gasteiger partial charge in [0.1, 0.15) is 0 Å². The van der Waals surface area contributed by atoms with Crippen molar-refractivity contribution in [2.45, 2.75) is 71.4 Å². The van der Waals surface area contributed by atoms with E-state index in [4.69, 9.17) is 0 Å². The van der Waals surface area contributed by atoms with Gasteiger partial charge in [0.15, 0.2) is 5.78 Å². The minimum absolute atomic E-state index is 0. The summed E-state index contributed by atoms with van der Waals surface area (Å²) in [4.78, 5) is 18.1. The van der Waals surface area contributed by atoms with Crippen molar-refractivity contribution in [1.82, 2.24) is 9.80 Å². The molecular weight excluding hydrogens is 356 g/mol. The van der Waals surface area contributed by atoms with Gasteiger partial charge in [0.2, 0.25) is 0 Å². The van der Waals surface area contributed by atoms with Crippen molar-refractivity contribution in [1.29, 1.82) is 0 Å². The lowest BCUT2D eigenvalue weighted by Gasteiger charge is -2.49. The first-order valence-electron chi connectivity index (χ1n) is 10.3. The molecule has 0 amide bonds. The highest BCUT2D eigenvalue weighted by atomic mass is 35.5. The Morgan fingerprint density at radius 1 is 1.04 bits per heavy atom. The van der Waals surface area contributed by atoms with Crippen molar-refractivity contribution in [3.8, 4) is 0 Å². The van der Waals surface area contributed by atoms with Crippen LogP contribution in [0.3, 0.4) is 0 Å². The average molecular weight is 389 g/mol. The molecule has 148 valence electrons. The summed E-state index contributed by atoms with van der Waals surface area (Å²) >= 11 is 0. The first kappa shape index (κ1) is 20.4. The third-order valence-electron chi connectivity index (χ3n) is 6.32. The predicted molar refractivity (Wildman–Crippen MR) is 113 cm³/mol. The molecule has 3 nitrogen and oxygen atoms in total. The van der Waals surface area contributed by atoms with Crippen molar-refractivity contribution >= 4 is 18.2 Å². The number of ketones is 1. The standard InChI is InChI=1S/C23H32N2O.ClH/c1-23(2)13-21-20(22(26)14-23)16-24(15-18-9-5-3-6-10-18)17-25(21)19-11-7-4-8-12-19;/h3,5-6,9-10,19H,4,7-8,11-17H2,1-2H3;1H. The zero-order valence-corrected chi connectivity index (χ0v) is 17.6. The number of carbonyl (C=O) groups excluding carboxylic acids is 1. The fraction of sp³-hybridized carbons (Fsp3) is 0.609. The molecule has 3 aliphatic rings. The lowest BCUT2D eigenvalue weighted by molar-refractivity contribution is -0.119. The van der Waals surface area contributed by atoms with Crippen LogP contribution in [-0.2, 0) is 11.3 Å². The Kier molecular flexibility index (Phi) is 6.32. The summed E-state index contributed by atoms with van der Waals surface area (Å²) in [5.74, 6) is 0.384. The van der Waals surface area contributed by atoms with Crippen LogP contribution >= 0.6 is 12.4 Å². The summed E-state index contributed by atoms with van der Waals surface area (Å²) in [7, 11) is 0. The van der Waals surface area contributed by atoms with Crippen LogP contribution in [0.1, 0.15) is 64.4 Å². The molecule has 0 saturated heterocycles. The second-order valence-corrected chi connectivity index (χ2v) is 9.24. The largest absolute Gasteiger partial charge is 0.358 e. The number of rotatable bonds is 3. The summed E-state index contributed by atoms with van der Waals surface area (Å²) in [6.07, 6.45) is 8.36. The van der Waals surface area contributed by atoms with Crippen molar-refractivity contribution in [2.24, 2.45) is 5.41 Å². The van der Waals surface area contributed by atoms with Gasteiger partial charge in [-0.1, -0.05) is 63.4 Å². The lowest BCUT2D eigenvalue weighted by atomic mass is 9.74. The van der Waals surface area contributed by atoms with Gasteiger partial charge in [0, 0.05) is 36.8 Å². The number of allylic oxidation sites excluding steroid dienone is 1. The Morgan fingerprint density at radius 3 is 2.44 bits per heavy atom. The number of Topliss-reactive ketones (excluding diaryl/α,β-unsaturated/α-hetero) is 1. The van der Waals surface area contributed by atoms with Gasteiger partial charge in [0.05, 0.1) is 6.67 Å². The Balaban J connectivity index is 0.00000210. The first-order valence-corrected chi connectivity index (χ1v) is 10.3. The maximum atomic E-state index is 13.0. The molecule has 0 aromatic heterocycles. The average Bonchev–Trinajstić information content (AvgIpc) is 2.63. The normalized spacial score (nSPS) is 23.8. The predicted octanol–water partition coefficient (Wildman–Crippen LogP) is 5.16. The van der Waals surface area contributed by atoms with Gasteiger partial charge in [-0.3, -0.25) is 9.69 Å². The third kappa shape index (κ3) is 4.57.